The van der Waals surface area contributed by atoms with Gasteiger partial charge in [-0.2, -0.15) is 0 Å². The lowest BCUT2D eigenvalue weighted by Crippen LogP contribution is -2.56. The summed E-state index contributed by atoms with van der Waals surface area (Å²) in [7, 11) is 1.61. The van der Waals surface area contributed by atoms with Crippen LogP contribution in [0.3, 0.4) is 0 Å². The highest BCUT2D eigenvalue weighted by Crippen LogP contribution is 2.44. The highest BCUT2D eigenvalue weighted by Gasteiger charge is 2.57. The highest BCUT2D eigenvalue weighted by atomic mass is 16.5. The van der Waals surface area contributed by atoms with E-state index in [-0.39, 0.29) is 17.9 Å². The van der Waals surface area contributed by atoms with Crippen molar-refractivity contribution in [3.63, 3.8) is 0 Å². The van der Waals surface area contributed by atoms with Gasteiger partial charge in [0.25, 0.3) is 0 Å². The molecule has 2 aromatic carbocycles. The molecule has 5 rings (SSSR count). The first-order valence-electron chi connectivity index (χ1n) is 9.68. The molecule has 0 radical (unpaired) electrons. The van der Waals surface area contributed by atoms with Crippen LogP contribution in [-0.4, -0.2) is 48.0 Å². The molecule has 2 heterocycles. The van der Waals surface area contributed by atoms with E-state index in [1.807, 2.05) is 53.4 Å². The molecule has 0 aromatic heterocycles. The number of ether oxygens (including phenoxy) is 1. The van der Waals surface area contributed by atoms with Gasteiger partial charge in [0, 0.05) is 6.54 Å². The van der Waals surface area contributed by atoms with Crippen LogP contribution in [0.5, 0.6) is 5.75 Å². The molecule has 144 valence electrons. The van der Waals surface area contributed by atoms with Crippen molar-refractivity contribution in [1.82, 2.24) is 4.90 Å². The Morgan fingerprint density at radius 2 is 1.89 bits per heavy atom. The van der Waals surface area contributed by atoms with Gasteiger partial charge in [0.2, 0.25) is 11.8 Å². The molecule has 6 heteroatoms. The van der Waals surface area contributed by atoms with Crippen LogP contribution >= 0.6 is 0 Å². The van der Waals surface area contributed by atoms with Crippen LogP contribution < -0.4 is 15.4 Å². The summed E-state index contributed by atoms with van der Waals surface area (Å²) in [5.74, 6) is 0.548. The summed E-state index contributed by atoms with van der Waals surface area (Å²) < 4.78 is 5.55. The Kier molecular flexibility index (Phi) is 3.74. The molecule has 1 saturated carbocycles. The van der Waals surface area contributed by atoms with Gasteiger partial charge in [-0.1, -0.05) is 36.4 Å². The molecular weight excluding hydrogens is 354 g/mol. The first-order valence-corrected chi connectivity index (χ1v) is 9.68. The number of carbonyl (C=O) groups is 2. The van der Waals surface area contributed by atoms with E-state index < -0.39 is 11.6 Å². The summed E-state index contributed by atoms with van der Waals surface area (Å²) in [5.41, 5.74) is 8.23. The van der Waals surface area contributed by atoms with Crippen LogP contribution in [0, 0.1) is 0 Å². The molecule has 2 aromatic rings. The van der Waals surface area contributed by atoms with E-state index >= 15 is 0 Å². The van der Waals surface area contributed by atoms with E-state index in [1.54, 1.807) is 12.0 Å². The number of nitrogens with two attached hydrogens (primary N) is 1. The number of nitrogens with zero attached hydrogens (tertiary/aromatic N) is 2. The van der Waals surface area contributed by atoms with Crippen molar-refractivity contribution >= 4 is 17.5 Å². The summed E-state index contributed by atoms with van der Waals surface area (Å²) in [6.07, 6.45) is 2.08. The lowest BCUT2D eigenvalue weighted by molar-refractivity contribution is -0.140. The van der Waals surface area contributed by atoms with Crippen LogP contribution in [-0.2, 0) is 9.59 Å². The molecule has 3 aliphatic rings. The number of anilines is 1. The zero-order valence-electron chi connectivity index (χ0n) is 15.8. The number of hydrogen-bond acceptors (Lipinski definition) is 4. The zero-order chi connectivity index (χ0) is 19.5. The van der Waals surface area contributed by atoms with Gasteiger partial charge < -0.3 is 20.3 Å². The third kappa shape index (κ3) is 2.52. The van der Waals surface area contributed by atoms with Crippen LogP contribution in [0.25, 0.3) is 11.1 Å². The second-order valence-electron chi connectivity index (χ2n) is 7.98. The fraction of sp³-hybridized carbons (Fsp3) is 0.364. The molecule has 2 N–H and O–H groups in total. The monoisotopic (exact) mass is 377 g/mol. The quantitative estimate of drug-likeness (QED) is 0.886. The third-order valence-corrected chi connectivity index (χ3v) is 6.19. The predicted octanol–water partition coefficient (Wildman–Crippen LogP) is 2.17. The standard InChI is InChI=1S/C22H23N3O3/c1-28-19-8-7-15(14-5-3-2-4-6-14)11-17(19)25-16-12-18(20(25)26)24(13-16)21(27)22(23)9-10-22/h2-8,11,16,18H,9-10,12-13,23H2,1H3/t16-,18-/m0/s1. The summed E-state index contributed by atoms with van der Waals surface area (Å²) in [6.45, 7) is 0.535. The number of methoxy groups -OCH3 is 1. The van der Waals surface area contributed by atoms with E-state index in [4.69, 9.17) is 10.5 Å². The van der Waals surface area contributed by atoms with Gasteiger partial charge >= 0.3 is 0 Å². The van der Waals surface area contributed by atoms with Crippen LogP contribution in [0.2, 0.25) is 0 Å². The maximum atomic E-state index is 13.2. The van der Waals surface area contributed by atoms with Crippen molar-refractivity contribution in [3.05, 3.63) is 48.5 Å². The van der Waals surface area contributed by atoms with E-state index in [0.29, 0.717) is 31.6 Å². The lowest BCUT2D eigenvalue weighted by atomic mass is 10.0. The molecular formula is C22H23N3O3. The molecule has 3 fully saturated rings. The van der Waals surface area contributed by atoms with Gasteiger partial charge in [0.05, 0.1) is 24.4 Å². The smallest absolute Gasteiger partial charge is 0.250 e. The Morgan fingerprint density at radius 1 is 1.14 bits per heavy atom. The largest absolute Gasteiger partial charge is 0.495 e. The van der Waals surface area contributed by atoms with Crippen molar-refractivity contribution in [2.45, 2.75) is 36.9 Å². The maximum absolute atomic E-state index is 13.2. The minimum absolute atomic E-state index is 0.0382. The fourth-order valence-corrected chi connectivity index (χ4v) is 4.44. The molecule has 2 aliphatic heterocycles. The van der Waals surface area contributed by atoms with Crippen LogP contribution in [0.1, 0.15) is 19.3 Å². The van der Waals surface area contributed by atoms with Crippen molar-refractivity contribution in [2.24, 2.45) is 5.73 Å². The summed E-state index contributed by atoms with van der Waals surface area (Å²) in [5, 5.41) is 0. The summed E-state index contributed by atoms with van der Waals surface area (Å²) >= 11 is 0. The number of likely N-dealkylation sites (tertiary alicyclic amines) is 1. The Labute approximate surface area is 163 Å². The average molecular weight is 377 g/mol. The van der Waals surface area contributed by atoms with Crippen molar-refractivity contribution in [1.29, 1.82) is 0 Å². The fourth-order valence-electron chi connectivity index (χ4n) is 4.44. The third-order valence-electron chi connectivity index (χ3n) is 6.19. The highest BCUT2D eigenvalue weighted by molar-refractivity contribution is 6.06. The van der Waals surface area contributed by atoms with Crippen LogP contribution in [0.15, 0.2) is 48.5 Å². The molecule has 6 nitrogen and oxygen atoms in total. The van der Waals surface area contributed by atoms with E-state index in [0.717, 1.165) is 16.8 Å². The summed E-state index contributed by atoms with van der Waals surface area (Å²) in [6, 6.07) is 15.5. The Morgan fingerprint density at radius 3 is 2.54 bits per heavy atom. The Hall–Kier alpha value is -2.86. The number of piperazine rings is 1. The first kappa shape index (κ1) is 17.3. The molecule has 2 saturated heterocycles. The van der Waals surface area contributed by atoms with Gasteiger partial charge in [-0.25, -0.2) is 0 Å². The van der Waals surface area contributed by atoms with Gasteiger partial charge in [0.15, 0.2) is 0 Å². The molecule has 2 bridgehead atoms. The zero-order valence-corrected chi connectivity index (χ0v) is 15.8. The molecule has 2 atom stereocenters. The molecule has 28 heavy (non-hydrogen) atoms. The van der Waals surface area contributed by atoms with Gasteiger partial charge in [0.1, 0.15) is 11.8 Å². The van der Waals surface area contributed by atoms with Crippen molar-refractivity contribution in [3.8, 4) is 16.9 Å². The second kappa shape index (κ2) is 6.07. The summed E-state index contributed by atoms with van der Waals surface area (Å²) in [4.78, 5) is 29.4. The number of benzene rings is 2. The van der Waals surface area contributed by atoms with Gasteiger partial charge in [-0.05, 0) is 42.5 Å². The normalized spacial score (nSPS) is 24.6. The predicted molar refractivity (Wildman–Crippen MR) is 106 cm³/mol. The van der Waals surface area contributed by atoms with Gasteiger partial charge in [-0.15, -0.1) is 0 Å². The van der Waals surface area contributed by atoms with E-state index in [1.165, 1.54) is 0 Å². The molecule has 2 amide bonds. The minimum atomic E-state index is -0.736. The number of hydrogen-bond donors (Lipinski definition) is 1. The maximum Gasteiger partial charge on any atom is 0.250 e. The number of fused-ring (bicyclic) bond motifs is 2. The lowest BCUT2D eigenvalue weighted by Gasteiger charge is -2.35. The molecule has 0 spiro atoms. The second-order valence-corrected chi connectivity index (χ2v) is 7.98. The topological polar surface area (TPSA) is 75.9 Å². The van der Waals surface area contributed by atoms with E-state index in [2.05, 4.69) is 0 Å². The minimum Gasteiger partial charge on any atom is -0.495 e. The first-order chi connectivity index (χ1) is 13.5. The SMILES string of the molecule is COc1ccc(-c2ccccc2)cc1N1C(=O)[C@@H]2C[C@H]1CN2C(=O)C1(N)CC1. The number of amides is 2. The Balaban J connectivity index is 1.47. The molecule has 1 aliphatic carbocycles. The average Bonchev–Trinajstić information content (AvgIpc) is 3.21. The van der Waals surface area contributed by atoms with Crippen LogP contribution in [0.4, 0.5) is 5.69 Å². The number of carbonyl (C=O) groups excluding carboxylic acids is 2. The molecule has 0 unspecified atom stereocenters. The van der Waals surface area contributed by atoms with Crippen molar-refractivity contribution < 1.29 is 14.3 Å². The number of rotatable bonds is 4. The van der Waals surface area contributed by atoms with Crippen molar-refractivity contribution in [2.75, 3.05) is 18.6 Å². The Bertz CT molecular complexity index is 955. The van der Waals surface area contributed by atoms with E-state index in [9.17, 15) is 9.59 Å². The van der Waals surface area contributed by atoms with Gasteiger partial charge in [-0.3, -0.25) is 9.59 Å².